The predicted molar refractivity (Wildman–Crippen MR) is 95.3 cm³/mol. The van der Waals surface area contributed by atoms with Gasteiger partial charge in [-0.15, -0.1) is 24.0 Å². The van der Waals surface area contributed by atoms with E-state index in [9.17, 15) is 5.11 Å². The lowest BCUT2D eigenvalue weighted by atomic mass is 9.96. The molecule has 3 N–H and O–H groups in total. The van der Waals surface area contributed by atoms with E-state index in [0.29, 0.717) is 6.54 Å². The Labute approximate surface area is 143 Å². The largest absolute Gasteiger partial charge is 0.466 e. The summed E-state index contributed by atoms with van der Waals surface area (Å²) in [5, 5.41) is 17.1. The molecule has 0 aliphatic heterocycles. The van der Waals surface area contributed by atoms with E-state index in [0.717, 1.165) is 35.5 Å². The van der Waals surface area contributed by atoms with Gasteiger partial charge >= 0.3 is 0 Å². The van der Waals surface area contributed by atoms with Crippen molar-refractivity contribution >= 4 is 29.9 Å². The number of furan rings is 1. The van der Waals surface area contributed by atoms with Crippen LogP contribution < -0.4 is 10.6 Å². The first kappa shape index (κ1) is 18.3. The molecule has 0 bridgehead atoms. The summed E-state index contributed by atoms with van der Waals surface area (Å²) in [5.74, 6) is 3.09. The fourth-order valence-corrected chi connectivity index (χ4v) is 2.30. The third-order valence-electron chi connectivity index (χ3n) is 3.70. The van der Waals surface area contributed by atoms with Crippen LogP contribution in [0.5, 0.6) is 0 Å². The Morgan fingerprint density at radius 1 is 1.43 bits per heavy atom. The van der Waals surface area contributed by atoms with Gasteiger partial charge < -0.3 is 20.2 Å². The van der Waals surface area contributed by atoms with Crippen LogP contribution in [0.4, 0.5) is 0 Å². The Kier molecular flexibility index (Phi) is 6.52. The maximum atomic E-state index is 10.6. The molecule has 0 aromatic carbocycles. The lowest BCUT2D eigenvalue weighted by Crippen LogP contribution is -2.45. The summed E-state index contributed by atoms with van der Waals surface area (Å²) < 4.78 is 5.49. The molecule has 1 unspecified atom stereocenters. The number of halogens is 1. The summed E-state index contributed by atoms with van der Waals surface area (Å²) in [7, 11) is 1.74. The summed E-state index contributed by atoms with van der Waals surface area (Å²) in [6.07, 6.45) is 2.60. The molecule has 1 aromatic rings. The SMILES string of the molecule is CN=C(NCC1CC1)NCC(C)(O)c1cc(C)oc1C.I. The molecular weight excluding hydrogens is 381 g/mol. The molecule has 0 saturated heterocycles. The van der Waals surface area contributed by atoms with E-state index in [1.807, 2.05) is 19.9 Å². The molecule has 0 amide bonds. The highest BCUT2D eigenvalue weighted by molar-refractivity contribution is 14.0. The fourth-order valence-electron chi connectivity index (χ4n) is 2.30. The van der Waals surface area contributed by atoms with Crippen molar-refractivity contribution in [3.8, 4) is 0 Å². The molecule has 6 heteroatoms. The van der Waals surface area contributed by atoms with Crippen molar-refractivity contribution in [2.45, 2.75) is 39.2 Å². The van der Waals surface area contributed by atoms with Gasteiger partial charge in [0.15, 0.2) is 5.96 Å². The maximum Gasteiger partial charge on any atom is 0.191 e. The Balaban J connectivity index is 0.00000220. The van der Waals surface area contributed by atoms with Gasteiger partial charge in [-0.25, -0.2) is 0 Å². The van der Waals surface area contributed by atoms with Gasteiger partial charge in [-0.1, -0.05) is 0 Å². The number of nitrogens with zero attached hydrogens (tertiary/aromatic N) is 1. The number of hydrogen-bond acceptors (Lipinski definition) is 3. The number of rotatable bonds is 5. The van der Waals surface area contributed by atoms with Gasteiger partial charge in [-0.3, -0.25) is 4.99 Å². The molecule has 1 atom stereocenters. The Hall–Kier alpha value is -0.760. The minimum Gasteiger partial charge on any atom is -0.466 e. The van der Waals surface area contributed by atoms with Crippen LogP contribution in [0, 0.1) is 19.8 Å². The van der Waals surface area contributed by atoms with Crippen molar-refractivity contribution in [1.82, 2.24) is 10.6 Å². The van der Waals surface area contributed by atoms with Crippen LogP contribution in [0.3, 0.4) is 0 Å². The lowest BCUT2D eigenvalue weighted by molar-refractivity contribution is 0.0602. The van der Waals surface area contributed by atoms with Crippen molar-refractivity contribution in [2.75, 3.05) is 20.1 Å². The molecule has 0 spiro atoms. The van der Waals surface area contributed by atoms with Crippen molar-refractivity contribution in [1.29, 1.82) is 0 Å². The number of aliphatic imine (C=N–C) groups is 1. The number of guanidine groups is 1. The first-order chi connectivity index (χ1) is 9.42. The molecule has 2 rings (SSSR count). The van der Waals surface area contributed by atoms with Crippen LogP contribution in [0.1, 0.15) is 36.8 Å². The molecule has 1 aliphatic carbocycles. The molecule has 120 valence electrons. The molecule has 5 nitrogen and oxygen atoms in total. The minimum absolute atomic E-state index is 0. The maximum absolute atomic E-state index is 10.6. The van der Waals surface area contributed by atoms with E-state index >= 15 is 0 Å². The van der Waals surface area contributed by atoms with Gasteiger partial charge in [0, 0.05) is 19.2 Å². The zero-order valence-corrected chi connectivity index (χ0v) is 15.5. The first-order valence-electron chi connectivity index (χ1n) is 7.17. The summed E-state index contributed by atoms with van der Waals surface area (Å²) in [6, 6.07) is 1.89. The van der Waals surface area contributed by atoms with Crippen LogP contribution in [0.15, 0.2) is 15.5 Å². The van der Waals surface area contributed by atoms with Crippen molar-refractivity contribution in [2.24, 2.45) is 10.9 Å². The highest BCUT2D eigenvalue weighted by atomic mass is 127. The molecule has 1 aromatic heterocycles. The topological polar surface area (TPSA) is 69.8 Å². The fraction of sp³-hybridized carbons (Fsp3) is 0.667. The highest BCUT2D eigenvalue weighted by Crippen LogP contribution is 2.28. The normalized spacial score (nSPS) is 17.9. The highest BCUT2D eigenvalue weighted by Gasteiger charge is 2.28. The van der Waals surface area contributed by atoms with Crippen LogP contribution >= 0.6 is 24.0 Å². The number of nitrogens with one attached hydrogen (secondary N) is 2. The zero-order chi connectivity index (χ0) is 14.8. The van der Waals surface area contributed by atoms with E-state index in [1.165, 1.54) is 12.8 Å². The number of aliphatic hydroxyl groups is 1. The van der Waals surface area contributed by atoms with Gasteiger partial charge in [-0.2, -0.15) is 0 Å². The Morgan fingerprint density at radius 3 is 2.57 bits per heavy atom. The van der Waals surface area contributed by atoms with E-state index < -0.39 is 5.60 Å². The average molecular weight is 407 g/mol. The lowest BCUT2D eigenvalue weighted by Gasteiger charge is -2.24. The zero-order valence-electron chi connectivity index (χ0n) is 13.2. The van der Waals surface area contributed by atoms with Gasteiger partial charge in [-0.05, 0) is 45.6 Å². The second-order valence-electron chi connectivity index (χ2n) is 5.85. The van der Waals surface area contributed by atoms with Gasteiger partial charge in [0.2, 0.25) is 0 Å². The summed E-state index contributed by atoms with van der Waals surface area (Å²) in [4.78, 5) is 4.17. The molecule has 21 heavy (non-hydrogen) atoms. The van der Waals surface area contributed by atoms with Crippen molar-refractivity contribution < 1.29 is 9.52 Å². The molecule has 1 aliphatic rings. The quantitative estimate of drug-likeness (QED) is 0.398. The van der Waals surface area contributed by atoms with E-state index in [-0.39, 0.29) is 24.0 Å². The van der Waals surface area contributed by atoms with Gasteiger partial charge in [0.1, 0.15) is 17.1 Å². The molecule has 1 heterocycles. The third kappa shape index (κ3) is 5.18. The van der Waals surface area contributed by atoms with Crippen molar-refractivity contribution in [3.05, 3.63) is 23.2 Å². The van der Waals surface area contributed by atoms with E-state index in [1.54, 1.807) is 14.0 Å². The number of aryl methyl sites for hydroxylation is 2. The average Bonchev–Trinajstić information content (AvgIpc) is 3.14. The Bertz CT molecular complexity index is 493. The minimum atomic E-state index is -0.987. The first-order valence-corrected chi connectivity index (χ1v) is 7.17. The second-order valence-corrected chi connectivity index (χ2v) is 5.85. The predicted octanol–water partition coefficient (Wildman–Crippen LogP) is 2.30. The molecular formula is C15H26IN3O2. The standard InChI is InChI=1S/C15H25N3O2.HI/c1-10-7-13(11(2)20-10)15(3,19)9-18-14(16-4)17-8-12-5-6-12;/h7,12,19H,5-6,8-9H2,1-4H3,(H2,16,17,18);1H. The summed E-state index contributed by atoms with van der Waals surface area (Å²) in [6.45, 7) is 6.88. The number of hydrogen-bond donors (Lipinski definition) is 3. The van der Waals surface area contributed by atoms with E-state index in [2.05, 4.69) is 15.6 Å². The van der Waals surface area contributed by atoms with Gasteiger partial charge in [0.05, 0.1) is 6.54 Å². The van der Waals surface area contributed by atoms with Crippen LogP contribution in [-0.4, -0.2) is 31.2 Å². The third-order valence-corrected chi connectivity index (χ3v) is 3.70. The van der Waals surface area contributed by atoms with E-state index in [4.69, 9.17) is 4.42 Å². The van der Waals surface area contributed by atoms with Crippen molar-refractivity contribution in [3.63, 3.8) is 0 Å². The summed E-state index contributed by atoms with van der Waals surface area (Å²) in [5.41, 5.74) is -0.167. The monoisotopic (exact) mass is 407 g/mol. The van der Waals surface area contributed by atoms with Gasteiger partial charge in [0.25, 0.3) is 0 Å². The molecule has 1 saturated carbocycles. The Morgan fingerprint density at radius 2 is 2.10 bits per heavy atom. The second kappa shape index (κ2) is 7.49. The molecule has 1 fully saturated rings. The smallest absolute Gasteiger partial charge is 0.191 e. The summed E-state index contributed by atoms with van der Waals surface area (Å²) >= 11 is 0. The van der Waals surface area contributed by atoms with Crippen LogP contribution in [0.2, 0.25) is 0 Å². The molecule has 0 radical (unpaired) electrons. The van der Waals surface area contributed by atoms with Crippen LogP contribution in [0.25, 0.3) is 0 Å². The van der Waals surface area contributed by atoms with Crippen LogP contribution in [-0.2, 0) is 5.60 Å².